The summed E-state index contributed by atoms with van der Waals surface area (Å²) < 4.78 is 0. The molecule has 0 fully saturated rings. The van der Waals surface area contributed by atoms with E-state index in [1.165, 1.54) is 11.1 Å². The van der Waals surface area contributed by atoms with Gasteiger partial charge in [0.2, 0.25) is 0 Å². The summed E-state index contributed by atoms with van der Waals surface area (Å²) in [5.74, 6) is 0.451. The zero-order valence-electron chi connectivity index (χ0n) is 8.59. The Labute approximate surface area is 76.1 Å². The summed E-state index contributed by atoms with van der Waals surface area (Å²) in [6.45, 7) is 13.9. The van der Waals surface area contributed by atoms with Gasteiger partial charge in [0.1, 0.15) is 0 Å². The highest BCUT2D eigenvalue weighted by atomic mass is 15.0. The fraction of sp³-hybridized carbons (Fsp3) is 0.455. The summed E-state index contributed by atoms with van der Waals surface area (Å²) in [5, 5.41) is 0. The molecule has 0 heterocycles. The monoisotopic (exact) mass is 165 g/mol. The molecule has 0 aliphatic carbocycles. The van der Waals surface area contributed by atoms with Crippen molar-refractivity contribution < 1.29 is 0 Å². The maximum absolute atomic E-state index is 3.92. The zero-order valence-corrected chi connectivity index (χ0v) is 8.59. The fourth-order valence-corrected chi connectivity index (χ4v) is 0.874. The molecular formula is C11H19N. The van der Waals surface area contributed by atoms with Crippen LogP contribution in [0, 0.1) is 5.92 Å². The molecule has 0 aromatic rings. The van der Waals surface area contributed by atoms with Gasteiger partial charge in [-0.15, -0.1) is 0 Å². The molecule has 0 amide bonds. The van der Waals surface area contributed by atoms with Crippen molar-refractivity contribution in [2.24, 2.45) is 5.92 Å². The minimum absolute atomic E-state index is 0.451. The topological polar surface area (TPSA) is 3.24 Å². The second kappa shape index (κ2) is 4.81. The molecule has 0 spiro atoms. The molecule has 1 unspecified atom stereocenters. The smallest absolute Gasteiger partial charge is 0.0106 e. The molecule has 1 atom stereocenters. The lowest BCUT2D eigenvalue weighted by molar-refractivity contribution is 0.607. The van der Waals surface area contributed by atoms with Crippen LogP contribution in [0.2, 0.25) is 0 Å². The Bertz CT molecular complexity index is 201. The Kier molecular flexibility index (Phi) is 4.42. The van der Waals surface area contributed by atoms with E-state index in [-0.39, 0.29) is 0 Å². The average molecular weight is 165 g/mol. The highest BCUT2D eigenvalue weighted by molar-refractivity contribution is 5.14. The second-order valence-electron chi connectivity index (χ2n) is 3.29. The van der Waals surface area contributed by atoms with Gasteiger partial charge in [0.25, 0.3) is 0 Å². The van der Waals surface area contributed by atoms with E-state index in [1.807, 2.05) is 11.9 Å². The van der Waals surface area contributed by atoms with Crippen LogP contribution in [0.15, 0.2) is 36.7 Å². The third kappa shape index (κ3) is 3.42. The predicted molar refractivity (Wildman–Crippen MR) is 55.7 cm³/mol. The molecule has 0 aliphatic heterocycles. The van der Waals surface area contributed by atoms with E-state index >= 15 is 0 Å². The van der Waals surface area contributed by atoms with Crippen LogP contribution in [0.5, 0.6) is 0 Å². The summed E-state index contributed by atoms with van der Waals surface area (Å²) in [7, 11) is 1.97. The van der Waals surface area contributed by atoms with Gasteiger partial charge >= 0.3 is 0 Å². The molecule has 0 bridgehead atoms. The van der Waals surface area contributed by atoms with Crippen LogP contribution < -0.4 is 0 Å². The number of hydrogen-bond donors (Lipinski definition) is 0. The third-order valence-corrected chi connectivity index (χ3v) is 2.12. The molecule has 1 nitrogen and oxygen atoms in total. The fourth-order valence-electron chi connectivity index (χ4n) is 0.874. The summed E-state index contributed by atoms with van der Waals surface area (Å²) in [6, 6.07) is 0. The third-order valence-electron chi connectivity index (χ3n) is 2.12. The molecule has 0 radical (unpaired) electrons. The number of nitrogens with zero attached hydrogens (tertiary/aromatic N) is 1. The van der Waals surface area contributed by atoms with Crippen molar-refractivity contribution in [3.8, 4) is 0 Å². The molecule has 1 heteroatoms. The van der Waals surface area contributed by atoms with Crippen molar-refractivity contribution >= 4 is 0 Å². The molecular weight excluding hydrogens is 146 g/mol. The van der Waals surface area contributed by atoms with Gasteiger partial charge in [-0.1, -0.05) is 31.2 Å². The molecule has 0 saturated heterocycles. The predicted octanol–water partition coefficient (Wildman–Crippen LogP) is 3.18. The molecule has 0 rings (SSSR count). The largest absolute Gasteiger partial charge is 0.358 e. The molecule has 0 N–H and O–H groups in total. The first-order valence-electron chi connectivity index (χ1n) is 4.17. The van der Waals surface area contributed by atoms with Crippen LogP contribution in [0.25, 0.3) is 0 Å². The van der Waals surface area contributed by atoms with Crippen molar-refractivity contribution in [1.82, 2.24) is 4.90 Å². The molecule has 0 saturated carbocycles. The van der Waals surface area contributed by atoms with Gasteiger partial charge in [0, 0.05) is 13.2 Å². The van der Waals surface area contributed by atoms with E-state index in [0.717, 1.165) is 0 Å². The van der Waals surface area contributed by atoms with E-state index < -0.39 is 0 Å². The maximum atomic E-state index is 3.92. The van der Waals surface area contributed by atoms with Crippen molar-refractivity contribution in [3.63, 3.8) is 0 Å². The second-order valence-corrected chi connectivity index (χ2v) is 3.29. The highest BCUT2D eigenvalue weighted by Gasteiger charge is 2.04. The number of hydrogen-bond acceptors (Lipinski definition) is 1. The first kappa shape index (κ1) is 11.0. The summed E-state index contributed by atoms with van der Waals surface area (Å²) in [4.78, 5) is 1.95. The molecule has 0 aromatic carbocycles. The van der Waals surface area contributed by atoms with Crippen LogP contribution >= 0.6 is 0 Å². The zero-order chi connectivity index (χ0) is 9.72. The van der Waals surface area contributed by atoms with Gasteiger partial charge in [-0.25, -0.2) is 0 Å². The first-order valence-corrected chi connectivity index (χ1v) is 4.17. The van der Waals surface area contributed by atoms with Gasteiger partial charge < -0.3 is 4.90 Å². The van der Waals surface area contributed by atoms with Gasteiger partial charge in [0.15, 0.2) is 0 Å². The van der Waals surface area contributed by atoms with Crippen LogP contribution in [0.3, 0.4) is 0 Å². The van der Waals surface area contributed by atoms with Gasteiger partial charge in [-0.3, -0.25) is 0 Å². The van der Waals surface area contributed by atoms with E-state index in [2.05, 4.69) is 40.1 Å². The minimum atomic E-state index is 0.451. The first-order chi connectivity index (χ1) is 5.49. The van der Waals surface area contributed by atoms with E-state index in [1.54, 1.807) is 6.20 Å². The molecule has 0 aliphatic rings. The number of allylic oxidation sites excluding steroid dienone is 2. The van der Waals surface area contributed by atoms with Crippen molar-refractivity contribution in [3.05, 3.63) is 36.7 Å². The summed E-state index contributed by atoms with van der Waals surface area (Å²) in [5.41, 5.74) is 2.51. The Morgan fingerprint density at radius 2 is 1.92 bits per heavy atom. The Morgan fingerprint density at radius 1 is 1.42 bits per heavy atom. The Hall–Kier alpha value is -0.980. The van der Waals surface area contributed by atoms with E-state index in [9.17, 15) is 0 Å². The standard InChI is InChI=1S/C11H19N/c1-7-12(6)8-10(4)11(5)9(2)3/h7-8,11H,1-2H2,3-6H3/b10-8+. The van der Waals surface area contributed by atoms with E-state index in [0.29, 0.717) is 5.92 Å². The maximum Gasteiger partial charge on any atom is 0.0106 e. The van der Waals surface area contributed by atoms with Crippen LogP contribution in [-0.4, -0.2) is 11.9 Å². The molecule has 68 valence electrons. The van der Waals surface area contributed by atoms with Gasteiger partial charge in [-0.2, -0.15) is 0 Å². The van der Waals surface area contributed by atoms with Gasteiger partial charge in [0.05, 0.1) is 0 Å². The quantitative estimate of drug-likeness (QED) is 0.578. The Balaban J connectivity index is 4.36. The molecule has 12 heavy (non-hydrogen) atoms. The van der Waals surface area contributed by atoms with Crippen LogP contribution in [0.4, 0.5) is 0 Å². The van der Waals surface area contributed by atoms with Crippen molar-refractivity contribution in [2.45, 2.75) is 20.8 Å². The highest BCUT2D eigenvalue weighted by Crippen LogP contribution is 2.17. The van der Waals surface area contributed by atoms with Crippen molar-refractivity contribution in [1.29, 1.82) is 0 Å². The lowest BCUT2D eigenvalue weighted by atomic mass is 9.97. The Morgan fingerprint density at radius 3 is 2.25 bits per heavy atom. The summed E-state index contributed by atoms with van der Waals surface area (Å²) >= 11 is 0. The van der Waals surface area contributed by atoms with Crippen LogP contribution in [0.1, 0.15) is 20.8 Å². The summed E-state index contributed by atoms with van der Waals surface area (Å²) in [6.07, 6.45) is 3.86. The van der Waals surface area contributed by atoms with Crippen LogP contribution in [-0.2, 0) is 0 Å². The SMILES string of the molecule is C=CN(C)/C=C(\C)C(C)C(=C)C. The minimum Gasteiger partial charge on any atom is -0.358 e. The normalized spacial score (nSPS) is 13.8. The lowest BCUT2D eigenvalue weighted by Gasteiger charge is -2.15. The number of rotatable bonds is 4. The van der Waals surface area contributed by atoms with Crippen molar-refractivity contribution in [2.75, 3.05) is 7.05 Å². The molecule has 0 aromatic heterocycles. The van der Waals surface area contributed by atoms with Gasteiger partial charge in [-0.05, 0) is 26.0 Å². The van der Waals surface area contributed by atoms with E-state index in [4.69, 9.17) is 0 Å². The lowest BCUT2D eigenvalue weighted by Crippen LogP contribution is -2.05. The average Bonchev–Trinajstić information content (AvgIpc) is 2.02.